The number of piperidine rings is 1. The van der Waals surface area contributed by atoms with Crippen LogP contribution in [0.4, 0.5) is 5.69 Å². The summed E-state index contributed by atoms with van der Waals surface area (Å²) in [5.41, 5.74) is 2.98. The minimum atomic E-state index is -0.245. The summed E-state index contributed by atoms with van der Waals surface area (Å²) in [4.78, 5) is 28.7. The largest absolute Gasteiger partial charge is 0.495 e. The zero-order chi connectivity index (χ0) is 21.6. The van der Waals surface area contributed by atoms with Gasteiger partial charge in [0.05, 0.1) is 30.1 Å². The lowest BCUT2D eigenvalue weighted by Gasteiger charge is -2.34. The van der Waals surface area contributed by atoms with Gasteiger partial charge in [-0.05, 0) is 56.1 Å². The number of methoxy groups -OCH3 is 1. The second kappa shape index (κ2) is 9.66. The molecule has 1 saturated heterocycles. The van der Waals surface area contributed by atoms with Crippen LogP contribution in [-0.4, -0.2) is 39.4 Å². The predicted molar refractivity (Wildman–Crippen MR) is 119 cm³/mol. The number of nitrogens with one attached hydrogen (secondary N) is 1. The quantitative estimate of drug-likeness (QED) is 0.648. The molecule has 1 atom stereocenters. The van der Waals surface area contributed by atoms with E-state index in [-0.39, 0.29) is 11.9 Å². The van der Waals surface area contributed by atoms with Gasteiger partial charge in [0.25, 0.3) is 5.91 Å². The number of hydrogen-bond acceptors (Lipinski definition) is 6. The number of aryl methyl sites for hydroxylation is 1. The van der Waals surface area contributed by atoms with E-state index in [1.54, 1.807) is 19.4 Å². The molecule has 7 heteroatoms. The first-order valence-electron chi connectivity index (χ1n) is 10.6. The molecular formula is C24H27N5O2. The molecule has 1 aliphatic rings. The molecule has 7 nitrogen and oxygen atoms in total. The summed E-state index contributed by atoms with van der Waals surface area (Å²) in [6.45, 7) is 3.70. The summed E-state index contributed by atoms with van der Waals surface area (Å²) in [6, 6.07) is 11.6. The lowest BCUT2D eigenvalue weighted by Crippen LogP contribution is -2.34. The number of likely N-dealkylation sites (tertiary alicyclic amines) is 1. The van der Waals surface area contributed by atoms with Crippen LogP contribution in [-0.2, 0) is 6.54 Å². The fourth-order valence-electron chi connectivity index (χ4n) is 4.00. The number of benzene rings is 1. The van der Waals surface area contributed by atoms with E-state index < -0.39 is 0 Å². The average Bonchev–Trinajstić information content (AvgIpc) is 2.80. The number of aromatic nitrogens is 3. The van der Waals surface area contributed by atoms with Crippen molar-refractivity contribution in [2.75, 3.05) is 19.0 Å². The van der Waals surface area contributed by atoms with Gasteiger partial charge in [0.1, 0.15) is 11.6 Å². The molecule has 160 valence electrons. The Hall–Kier alpha value is -3.32. The van der Waals surface area contributed by atoms with E-state index in [9.17, 15) is 4.79 Å². The molecule has 3 aromatic rings. The molecule has 1 N–H and O–H groups in total. The molecule has 2 aromatic heterocycles. The van der Waals surface area contributed by atoms with E-state index in [0.717, 1.165) is 31.8 Å². The van der Waals surface area contributed by atoms with Crippen LogP contribution in [0.5, 0.6) is 5.75 Å². The van der Waals surface area contributed by atoms with Crippen molar-refractivity contribution in [2.45, 2.75) is 38.8 Å². The minimum absolute atomic E-state index is 0.145. The normalized spacial score (nSPS) is 16.6. The third-order valence-electron chi connectivity index (χ3n) is 5.64. The second-order valence-electron chi connectivity index (χ2n) is 7.72. The molecule has 1 aliphatic heterocycles. The maximum Gasteiger partial charge on any atom is 0.259 e. The first kappa shape index (κ1) is 20.9. The number of hydrogen-bond donors (Lipinski definition) is 1. The third kappa shape index (κ3) is 4.88. The van der Waals surface area contributed by atoms with Crippen molar-refractivity contribution in [1.82, 2.24) is 19.9 Å². The Bertz CT molecular complexity index is 1040. The van der Waals surface area contributed by atoms with E-state index in [4.69, 9.17) is 9.72 Å². The van der Waals surface area contributed by atoms with Gasteiger partial charge in [-0.3, -0.25) is 14.7 Å². The van der Waals surface area contributed by atoms with E-state index in [0.29, 0.717) is 22.7 Å². The molecule has 0 aliphatic carbocycles. The van der Waals surface area contributed by atoms with Crippen molar-refractivity contribution < 1.29 is 9.53 Å². The van der Waals surface area contributed by atoms with E-state index >= 15 is 0 Å². The standard InChI is InChI=1S/C24H27N5O2/c1-17-19(24(30)28-20-7-3-4-9-22(20)31-2)15-26-23(27-17)21-8-5-6-14-29(21)16-18-10-12-25-13-11-18/h3-4,7,9-13,15,21H,5-6,8,14,16H2,1-2H3,(H,28,30)/t21-/m0/s1. The van der Waals surface area contributed by atoms with Crippen molar-refractivity contribution in [3.8, 4) is 5.75 Å². The van der Waals surface area contributed by atoms with Crippen LogP contribution in [0.15, 0.2) is 55.0 Å². The summed E-state index contributed by atoms with van der Waals surface area (Å²) >= 11 is 0. The number of ether oxygens (including phenoxy) is 1. The number of carbonyl (C=O) groups excluding carboxylic acids is 1. The molecule has 0 spiro atoms. The molecule has 4 rings (SSSR count). The Balaban J connectivity index is 1.52. The summed E-state index contributed by atoms with van der Waals surface area (Å²) in [5.74, 6) is 1.14. The lowest BCUT2D eigenvalue weighted by molar-refractivity contribution is 0.102. The lowest BCUT2D eigenvalue weighted by atomic mass is 10.00. The van der Waals surface area contributed by atoms with Crippen LogP contribution in [0.1, 0.15) is 52.7 Å². The van der Waals surface area contributed by atoms with Crippen LogP contribution in [0.2, 0.25) is 0 Å². The van der Waals surface area contributed by atoms with Crippen molar-refractivity contribution in [3.63, 3.8) is 0 Å². The van der Waals surface area contributed by atoms with E-state index in [1.807, 2.05) is 49.6 Å². The highest BCUT2D eigenvalue weighted by molar-refractivity contribution is 6.05. The monoisotopic (exact) mass is 417 g/mol. The van der Waals surface area contributed by atoms with Crippen LogP contribution in [0, 0.1) is 6.92 Å². The Morgan fingerprint density at radius 2 is 2.00 bits per heavy atom. The van der Waals surface area contributed by atoms with Crippen LogP contribution in [0.25, 0.3) is 0 Å². The van der Waals surface area contributed by atoms with Crippen LogP contribution >= 0.6 is 0 Å². The van der Waals surface area contributed by atoms with Gasteiger partial charge < -0.3 is 10.1 Å². The number of amides is 1. The molecule has 1 aromatic carbocycles. The predicted octanol–water partition coefficient (Wildman–Crippen LogP) is 4.17. The zero-order valence-electron chi connectivity index (χ0n) is 17.9. The van der Waals surface area contributed by atoms with Crippen molar-refractivity contribution >= 4 is 11.6 Å². The number of rotatable bonds is 6. The van der Waals surface area contributed by atoms with Gasteiger partial charge in [-0.1, -0.05) is 18.6 Å². The van der Waals surface area contributed by atoms with Gasteiger partial charge >= 0.3 is 0 Å². The van der Waals surface area contributed by atoms with Gasteiger partial charge in [0.15, 0.2) is 0 Å². The van der Waals surface area contributed by atoms with Crippen molar-refractivity contribution in [3.05, 3.63) is 77.6 Å². The van der Waals surface area contributed by atoms with Gasteiger partial charge in [0, 0.05) is 25.1 Å². The molecule has 3 heterocycles. The highest BCUT2D eigenvalue weighted by Gasteiger charge is 2.27. The first-order valence-corrected chi connectivity index (χ1v) is 10.6. The molecule has 0 radical (unpaired) electrons. The molecule has 1 amide bonds. The number of pyridine rings is 1. The van der Waals surface area contributed by atoms with E-state index in [1.165, 1.54) is 12.0 Å². The number of anilines is 1. The SMILES string of the molecule is COc1ccccc1NC(=O)c1cnc([C@@H]2CCCCN2Cc2ccncc2)nc1C. The molecule has 0 bridgehead atoms. The molecule has 0 saturated carbocycles. The second-order valence-corrected chi connectivity index (χ2v) is 7.72. The first-order chi connectivity index (χ1) is 15.2. The summed E-state index contributed by atoms with van der Waals surface area (Å²) in [7, 11) is 1.58. The van der Waals surface area contributed by atoms with Gasteiger partial charge in [-0.15, -0.1) is 0 Å². The highest BCUT2D eigenvalue weighted by Crippen LogP contribution is 2.31. The Morgan fingerprint density at radius 1 is 1.19 bits per heavy atom. The topological polar surface area (TPSA) is 80.2 Å². The Morgan fingerprint density at radius 3 is 2.77 bits per heavy atom. The highest BCUT2D eigenvalue weighted by atomic mass is 16.5. The fraction of sp³-hybridized carbons (Fsp3) is 0.333. The van der Waals surface area contributed by atoms with Crippen LogP contribution < -0.4 is 10.1 Å². The minimum Gasteiger partial charge on any atom is -0.495 e. The van der Waals surface area contributed by atoms with Crippen molar-refractivity contribution in [2.24, 2.45) is 0 Å². The Kier molecular flexibility index (Phi) is 6.52. The number of carbonyl (C=O) groups is 1. The third-order valence-corrected chi connectivity index (χ3v) is 5.64. The van der Waals surface area contributed by atoms with Crippen molar-refractivity contribution in [1.29, 1.82) is 0 Å². The molecular weight excluding hydrogens is 390 g/mol. The molecule has 1 fully saturated rings. The maximum atomic E-state index is 12.8. The van der Waals surface area contributed by atoms with Gasteiger partial charge in [-0.25, -0.2) is 9.97 Å². The average molecular weight is 418 g/mol. The maximum absolute atomic E-state index is 12.8. The fourth-order valence-corrected chi connectivity index (χ4v) is 4.00. The summed E-state index contributed by atoms with van der Waals surface area (Å²) in [5, 5.41) is 2.90. The van der Waals surface area contributed by atoms with E-state index in [2.05, 4.69) is 20.2 Å². The Labute approximate surface area is 182 Å². The summed E-state index contributed by atoms with van der Waals surface area (Å²) < 4.78 is 5.32. The molecule has 0 unspecified atom stereocenters. The van der Waals surface area contributed by atoms with Gasteiger partial charge in [-0.2, -0.15) is 0 Å². The van der Waals surface area contributed by atoms with Crippen LogP contribution in [0.3, 0.4) is 0 Å². The summed E-state index contributed by atoms with van der Waals surface area (Å²) in [6.07, 6.45) is 8.61. The number of nitrogens with zero attached hydrogens (tertiary/aromatic N) is 4. The number of para-hydroxylation sites is 2. The van der Waals surface area contributed by atoms with Gasteiger partial charge in [0.2, 0.25) is 0 Å². The molecule has 31 heavy (non-hydrogen) atoms. The smallest absolute Gasteiger partial charge is 0.259 e. The zero-order valence-corrected chi connectivity index (χ0v) is 17.9.